The molecule has 1 unspecified atom stereocenters. The number of carbonyl (C=O) groups excluding carboxylic acids is 2. The van der Waals surface area contributed by atoms with Crippen LogP contribution in [0.5, 0.6) is 5.75 Å². The number of carbonyl (C=O) groups is 3. The van der Waals surface area contributed by atoms with Crippen LogP contribution in [0.25, 0.3) is 0 Å². The zero-order valence-electron chi connectivity index (χ0n) is 11.9. The molecule has 0 radical (unpaired) electrons. The van der Waals surface area contributed by atoms with Gasteiger partial charge in [0.1, 0.15) is 5.75 Å². The average Bonchev–Trinajstić information content (AvgIpc) is 2.45. The van der Waals surface area contributed by atoms with E-state index in [0.717, 1.165) is 5.56 Å². The molecule has 0 fully saturated rings. The molecule has 7 nitrogen and oxygen atoms in total. The van der Waals surface area contributed by atoms with Crippen molar-refractivity contribution in [3.05, 3.63) is 29.8 Å². The summed E-state index contributed by atoms with van der Waals surface area (Å²) in [6.45, 7) is 1.77. The van der Waals surface area contributed by atoms with E-state index in [1.165, 1.54) is 0 Å². The lowest BCUT2D eigenvalue weighted by Gasteiger charge is -2.15. The van der Waals surface area contributed by atoms with Gasteiger partial charge in [-0.3, -0.25) is 14.9 Å². The van der Waals surface area contributed by atoms with Crippen LogP contribution in [0.2, 0.25) is 0 Å². The van der Waals surface area contributed by atoms with Crippen LogP contribution >= 0.6 is 0 Å². The number of carboxylic acid groups (broad SMARTS) is 1. The van der Waals surface area contributed by atoms with Gasteiger partial charge in [0.25, 0.3) is 0 Å². The maximum Gasteiger partial charge on any atom is 0.321 e. The fourth-order valence-corrected chi connectivity index (χ4v) is 1.62. The first-order valence-electron chi connectivity index (χ1n) is 6.38. The summed E-state index contributed by atoms with van der Waals surface area (Å²) in [6, 6.07) is 6.18. The Bertz CT molecular complexity index is 513. The second-order valence-electron chi connectivity index (χ2n) is 4.41. The minimum atomic E-state index is -1.09. The van der Waals surface area contributed by atoms with Gasteiger partial charge in [0, 0.05) is 6.42 Å². The zero-order chi connectivity index (χ0) is 15.8. The van der Waals surface area contributed by atoms with E-state index in [4.69, 9.17) is 9.84 Å². The molecule has 0 aromatic heterocycles. The normalized spacial score (nSPS) is 11.3. The van der Waals surface area contributed by atoms with Crippen molar-refractivity contribution in [3.8, 4) is 5.75 Å². The van der Waals surface area contributed by atoms with E-state index < -0.39 is 17.9 Å². The van der Waals surface area contributed by atoms with Crippen molar-refractivity contribution in [2.24, 2.45) is 0 Å². The first-order valence-corrected chi connectivity index (χ1v) is 6.38. The number of hydrogen-bond acceptors (Lipinski definition) is 4. The van der Waals surface area contributed by atoms with E-state index in [1.54, 1.807) is 38.3 Å². The van der Waals surface area contributed by atoms with Gasteiger partial charge in [0.2, 0.25) is 5.91 Å². The predicted molar refractivity (Wildman–Crippen MR) is 75.0 cm³/mol. The van der Waals surface area contributed by atoms with Crippen molar-refractivity contribution in [1.82, 2.24) is 10.6 Å². The average molecular weight is 294 g/mol. The topological polar surface area (TPSA) is 105 Å². The number of nitrogens with one attached hydrogen (secondary N) is 2. The molecular weight excluding hydrogens is 276 g/mol. The minimum absolute atomic E-state index is 0.236. The molecule has 21 heavy (non-hydrogen) atoms. The molecule has 0 aliphatic rings. The van der Waals surface area contributed by atoms with Crippen molar-refractivity contribution in [2.45, 2.75) is 25.8 Å². The standard InChI is InChI=1S/C14H18N2O5/c1-9(10-3-5-11(21-2)6-4-10)15-14(20)16-12(17)7-8-13(18)19/h3-6,9H,7-8H2,1-2H3,(H,18,19)(H2,15,16,17,20). The quantitative estimate of drug-likeness (QED) is 0.736. The lowest BCUT2D eigenvalue weighted by atomic mass is 10.1. The molecule has 3 N–H and O–H groups in total. The van der Waals surface area contributed by atoms with E-state index in [9.17, 15) is 14.4 Å². The summed E-state index contributed by atoms with van der Waals surface area (Å²) < 4.78 is 5.04. The van der Waals surface area contributed by atoms with E-state index >= 15 is 0 Å². The van der Waals surface area contributed by atoms with Gasteiger partial charge in [-0.25, -0.2) is 4.79 Å². The number of benzene rings is 1. The Kier molecular flexibility index (Phi) is 6.19. The fourth-order valence-electron chi connectivity index (χ4n) is 1.62. The number of carboxylic acids is 1. The Morgan fingerprint density at radius 3 is 2.33 bits per heavy atom. The third-order valence-electron chi connectivity index (χ3n) is 2.78. The summed E-state index contributed by atoms with van der Waals surface area (Å²) in [6.07, 6.45) is -0.549. The molecule has 3 amide bonds. The van der Waals surface area contributed by atoms with E-state index in [1.807, 2.05) is 0 Å². The maximum atomic E-state index is 11.6. The first kappa shape index (κ1) is 16.5. The van der Waals surface area contributed by atoms with Crippen LogP contribution in [0.15, 0.2) is 24.3 Å². The Hall–Kier alpha value is -2.57. The summed E-state index contributed by atoms with van der Waals surface area (Å²) in [5, 5.41) is 13.1. The zero-order valence-corrected chi connectivity index (χ0v) is 11.9. The molecule has 1 aromatic rings. The highest BCUT2D eigenvalue weighted by molar-refractivity contribution is 5.95. The van der Waals surface area contributed by atoms with Gasteiger partial charge in [-0.05, 0) is 24.6 Å². The summed E-state index contributed by atoms with van der Waals surface area (Å²) in [5.74, 6) is -1.01. The fraction of sp³-hybridized carbons (Fsp3) is 0.357. The molecule has 1 atom stereocenters. The number of ether oxygens (including phenoxy) is 1. The Labute approximate surface area is 122 Å². The van der Waals surface area contributed by atoms with E-state index in [0.29, 0.717) is 5.75 Å². The molecule has 1 rings (SSSR count). The Morgan fingerprint density at radius 1 is 1.19 bits per heavy atom. The third-order valence-corrected chi connectivity index (χ3v) is 2.78. The Balaban J connectivity index is 2.45. The number of imide groups is 1. The largest absolute Gasteiger partial charge is 0.497 e. The van der Waals surface area contributed by atoms with Gasteiger partial charge in [-0.15, -0.1) is 0 Å². The third kappa shape index (κ3) is 5.94. The first-order chi connectivity index (χ1) is 9.92. The van der Waals surface area contributed by atoms with Gasteiger partial charge in [0.15, 0.2) is 0 Å². The highest BCUT2D eigenvalue weighted by Gasteiger charge is 2.13. The SMILES string of the molecule is COc1ccc(C(C)NC(=O)NC(=O)CCC(=O)O)cc1. The summed E-state index contributed by atoms with van der Waals surface area (Å²) >= 11 is 0. The van der Waals surface area contributed by atoms with Crippen molar-refractivity contribution >= 4 is 17.9 Å². The van der Waals surface area contributed by atoms with Crippen LogP contribution in [0.4, 0.5) is 4.79 Å². The summed E-state index contributed by atoms with van der Waals surface area (Å²) in [7, 11) is 1.56. The van der Waals surface area contributed by atoms with Crippen LogP contribution in [-0.4, -0.2) is 30.1 Å². The molecule has 0 heterocycles. The van der Waals surface area contributed by atoms with Gasteiger partial charge < -0.3 is 15.2 Å². The minimum Gasteiger partial charge on any atom is -0.497 e. The lowest BCUT2D eigenvalue weighted by Crippen LogP contribution is -2.40. The smallest absolute Gasteiger partial charge is 0.321 e. The van der Waals surface area contributed by atoms with Crippen LogP contribution in [0.1, 0.15) is 31.4 Å². The number of amides is 3. The second kappa shape index (κ2) is 7.88. The van der Waals surface area contributed by atoms with Gasteiger partial charge in [-0.2, -0.15) is 0 Å². The predicted octanol–water partition coefficient (Wildman–Crippen LogP) is 1.45. The highest BCUT2D eigenvalue weighted by atomic mass is 16.5. The van der Waals surface area contributed by atoms with Crippen molar-refractivity contribution in [3.63, 3.8) is 0 Å². The summed E-state index contributed by atoms with van der Waals surface area (Å²) in [5.41, 5.74) is 0.851. The molecule has 114 valence electrons. The second-order valence-corrected chi connectivity index (χ2v) is 4.41. The summed E-state index contributed by atoms with van der Waals surface area (Å²) in [4.78, 5) is 33.2. The molecule has 7 heteroatoms. The van der Waals surface area contributed by atoms with Gasteiger partial charge in [-0.1, -0.05) is 12.1 Å². The van der Waals surface area contributed by atoms with Crippen LogP contribution in [-0.2, 0) is 9.59 Å². The van der Waals surface area contributed by atoms with Crippen LogP contribution < -0.4 is 15.4 Å². The van der Waals surface area contributed by atoms with Crippen molar-refractivity contribution < 1.29 is 24.2 Å². The monoisotopic (exact) mass is 294 g/mol. The van der Waals surface area contributed by atoms with Crippen LogP contribution in [0.3, 0.4) is 0 Å². The molecule has 0 spiro atoms. The van der Waals surface area contributed by atoms with Crippen LogP contribution in [0, 0.1) is 0 Å². The molecule has 0 aliphatic carbocycles. The molecule has 0 bridgehead atoms. The van der Waals surface area contributed by atoms with Gasteiger partial charge >= 0.3 is 12.0 Å². The molecule has 0 saturated heterocycles. The van der Waals surface area contributed by atoms with Gasteiger partial charge in [0.05, 0.1) is 19.6 Å². The molecular formula is C14H18N2O5. The van der Waals surface area contributed by atoms with E-state index in [-0.39, 0.29) is 18.9 Å². The molecule has 0 aliphatic heterocycles. The number of aliphatic carboxylic acids is 1. The Morgan fingerprint density at radius 2 is 1.81 bits per heavy atom. The van der Waals surface area contributed by atoms with Crippen molar-refractivity contribution in [1.29, 1.82) is 0 Å². The van der Waals surface area contributed by atoms with Crippen molar-refractivity contribution in [2.75, 3.05) is 7.11 Å². The number of rotatable bonds is 6. The van der Waals surface area contributed by atoms with E-state index in [2.05, 4.69) is 10.6 Å². The number of methoxy groups -OCH3 is 1. The number of urea groups is 1. The maximum absolute atomic E-state index is 11.6. The number of hydrogen-bond donors (Lipinski definition) is 3. The molecule has 1 aromatic carbocycles. The molecule has 0 saturated carbocycles. The highest BCUT2D eigenvalue weighted by Crippen LogP contribution is 2.16. The lowest BCUT2D eigenvalue weighted by molar-refractivity contribution is -0.138.